The Balaban J connectivity index is 1.42. The molecule has 1 N–H and O–H groups in total. The van der Waals surface area contributed by atoms with E-state index in [1.807, 2.05) is 6.20 Å². The Kier molecular flexibility index (Phi) is 5.97. The molecular weight excluding hydrogens is 410 g/mol. The van der Waals surface area contributed by atoms with Crippen LogP contribution in [0.5, 0.6) is 0 Å². The van der Waals surface area contributed by atoms with Crippen LogP contribution in [0.3, 0.4) is 0 Å². The van der Waals surface area contributed by atoms with E-state index in [4.69, 9.17) is 11.6 Å². The summed E-state index contributed by atoms with van der Waals surface area (Å²) < 4.78 is 2.25. The summed E-state index contributed by atoms with van der Waals surface area (Å²) in [4.78, 5) is 13.7. The minimum absolute atomic E-state index is 0.177. The average molecular weight is 440 g/mol. The molecule has 2 aliphatic rings. The van der Waals surface area contributed by atoms with Crippen molar-refractivity contribution in [3.63, 3.8) is 0 Å². The Hall–Kier alpha value is -1.99. The minimum Gasteiger partial charge on any atom is -0.393 e. The number of aromatic nitrogens is 3. The van der Waals surface area contributed by atoms with E-state index in [1.165, 1.54) is 11.1 Å². The molecule has 1 saturated heterocycles. The highest BCUT2D eigenvalue weighted by Gasteiger charge is 2.24. The third kappa shape index (κ3) is 4.48. The number of likely N-dealkylation sites (N-methyl/N-ethyl adjacent to an activating group) is 1. The van der Waals surface area contributed by atoms with Crippen LogP contribution in [0.2, 0.25) is 5.28 Å². The molecule has 0 bridgehead atoms. The molecular formula is C24H30ClN5O. The molecule has 0 radical (unpaired) electrons. The summed E-state index contributed by atoms with van der Waals surface area (Å²) in [6.07, 6.45) is 7.44. The van der Waals surface area contributed by atoms with Crippen LogP contribution >= 0.6 is 11.6 Å². The monoisotopic (exact) mass is 439 g/mol. The molecule has 164 valence electrons. The van der Waals surface area contributed by atoms with Crippen molar-refractivity contribution in [3.05, 3.63) is 47.5 Å². The van der Waals surface area contributed by atoms with Crippen LogP contribution in [0, 0.1) is 0 Å². The number of hydrogen-bond acceptors (Lipinski definition) is 5. The van der Waals surface area contributed by atoms with Gasteiger partial charge in [0.05, 0.1) is 6.10 Å². The van der Waals surface area contributed by atoms with Crippen LogP contribution in [0.15, 0.2) is 36.7 Å². The molecule has 1 saturated carbocycles. The Bertz CT molecular complexity index is 1030. The van der Waals surface area contributed by atoms with Crippen LogP contribution in [0.1, 0.15) is 37.3 Å². The van der Waals surface area contributed by atoms with Gasteiger partial charge in [0.15, 0.2) is 0 Å². The predicted octanol–water partition coefficient (Wildman–Crippen LogP) is 3.98. The molecule has 6 nitrogen and oxygen atoms in total. The summed E-state index contributed by atoms with van der Waals surface area (Å²) in [5.41, 5.74) is 4.55. The van der Waals surface area contributed by atoms with E-state index in [0.717, 1.165) is 75.0 Å². The first-order valence-electron chi connectivity index (χ1n) is 11.3. The van der Waals surface area contributed by atoms with E-state index >= 15 is 0 Å². The molecule has 3 heterocycles. The summed E-state index contributed by atoms with van der Waals surface area (Å²) in [5.74, 6) is 0. The van der Waals surface area contributed by atoms with Crippen molar-refractivity contribution < 1.29 is 5.11 Å². The van der Waals surface area contributed by atoms with Crippen LogP contribution in [-0.4, -0.2) is 68.8 Å². The Morgan fingerprint density at radius 2 is 1.74 bits per heavy atom. The van der Waals surface area contributed by atoms with Gasteiger partial charge in [0, 0.05) is 62.1 Å². The fourth-order valence-corrected chi connectivity index (χ4v) is 5.04. The van der Waals surface area contributed by atoms with E-state index in [-0.39, 0.29) is 11.4 Å². The number of hydrogen-bond donors (Lipinski definition) is 1. The minimum atomic E-state index is -0.177. The molecule has 7 heteroatoms. The van der Waals surface area contributed by atoms with Gasteiger partial charge in [0.25, 0.3) is 0 Å². The normalized spacial score (nSPS) is 23.5. The molecule has 1 aliphatic heterocycles. The smallest absolute Gasteiger partial charge is 0.224 e. The quantitative estimate of drug-likeness (QED) is 0.623. The second-order valence-corrected chi connectivity index (χ2v) is 9.40. The van der Waals surface area contributed by atoms with Crippen LogP contribution in [-0.2, 0) is 6.54 Å². The first-order valence-corrected chi connectivity index (χ1v) is 11.7. The predicted molar refractivity (Wildman–Crippen MR) is 124 cm³/mol. The fraction of sp³-hybridized carbons (Fsp3) is 0.500. The summed E-state index contributed by atoms with van der Waals surface area (Å²) in [6.45, 7) is 5.52. The highest BCUT2D eigenvalue weighted by Crippen LogP contribution is 2.36. The van der Waals surface area contributed by atoms with Gasteiger partial charge in [-0.25, -0.2) is 4.98 Å². The highest BCUT2D eigenvalue weighted by molar-refractivity contribution is 6.28. The fourth-order valence-electron chi connectivity index (χ4n) is 4.91. The largest absolute Gasteiger partial charge is 0.393 e. The maximum atomic E-state index is 9.91. The summed E-state index contributed by atoms with van der Waals surface area (Å²) in [7, 11) is 2.19. The molecule has 31 heavy (non-hydrogen) atoms. The van der Waals surface area contributed by atoms with Crippen molar-refractivity contribution in [1.82, 2.24) is 24.3 Å². The van der Waals surface area contributed by atoms with E-state index in [0.29, 0.717) is 6.04 Å². The number of nitrogens with zero attached hydrogens (tertiary/aromatic N) is 5. The first-order chi connectivity index (χ1) is 15.1. The van der Waals surface area contributed by atoms with Gasteiger partial charge in [-0.05, 0) is 55.5 Å². The number of aliphatic hydroxyl groups excluding tert-OH is 1. The molecule has 2 fully saturated rings. The van der Waals surface area contributed by atoms with Gasteiger partial charge in [-0.15, -0.1) is 0 Å². The summed E-state index contributed by atoms with van der Waals surface area (Å²) in [6, 6.07) is 9.24. The Morgan fingerprint density at radius 3 is 2.45 bits per heavy atom. The van der Waals surface area contributed by atoms with Gasteiger partial charge in [-0.1, -0.05) is 24.3 Å². The Labute approximate surface area is 188 Å². The molecule has 0 unspecified atom stereocenters. The van der Waals surface area contributed by atoms with Crippen LogP contribution in [0.4, 0.5) is 0 Å². The lowest BCUT2D eigenvalue weighted by atomic mass is 9.93. The zero-order chi connectivity index (χ0) is 21.4. The van der Waals surface area contributed by atoms with Crippen LogP contribution < -0.4 is 0 Å². The second-order valence-electron chi connectivity index (χ2n) is 9.07. The topological polar surface area (TPSA) is 57.4 Å². The van der Waals surface area contributed by atoms with Crippen molar-refractivity contribution in [3.8, 4) is 11.1 Å². The van der Waals surface area contributed by atoms with Crippen molar-refractivity contribution in [1.29, 1.82) is 0 Å². The lowest BCUT2D eigenvalue weighted by Gasteiger charge is -2.32. The van der Waals surface area contributed by atoms with E-state index in [9.17, 15) is 5.11 Å². The van der Waals surface area contributed by atoms with E-state index in [2.05, 4.69) is 61.8 Å². The number of aliphatic hydroxyl groups is 1. The SMILES string of the molecule is CN1CCN(Cc2ccc(-c3cn(C4CCC(O)CC4)c4nc(Cl)ncc34)cc2)CC1. The van der Waals surface area contributed by atoms with E-state index < -0.39 is 0 Å². The molecule has 2 aromatic heterocycles. The highest BCUT2D eigenvalue weighted by atomic mass is 35.5. The van der Waals surface area contributed by atoms with Gasteiger partial charge in [0.2, 0.25) is 5.28 Å². The van der Waals surface area contributed by atoms with Gasteiger partial charge < -0.3 is 14.6 Å². The molecule has 0 atom stereocenters. The van der Waals surface area contributed by atoms with Crippen LogP contribution in [0.25, 0.3) is 22.2 Å². The first kappa shape index (κ1) is 20.9. The lowest BCUT2D eigenvalue weighted by Crippen LogP contribution is -2.43. The lowest BCUT2D eigenvalue weighted by molar-refractivity contribution is 0.111. The van der Waals surface area contributed by atoms with Gasteiger partial charge in [0.1, 0.15) is 5.65 Å². The number of rotatable bonds is 4. The average Bonchev–Trinajstić information content (AvgIpc) is 3.15. The maximum Gasteiger partial charge on any atom is 0.224 e. The van der Waals surface area contributed by atoms with E-state index in [1.54, 1.807) is 0 Å². The number of benzene rings is 1. The standard InChI is InChI=1S/C24H30ClN5O/c1-28-10-12-29(13-11-28)15-17-2-4-18(5-3-17)22-16-30(19-6-8-20(31)9-7-19)23-21(22)14-26-24(25)27-23/h2-5,14,16,19-20,31H,6-13,15H2,1H3. The Morgan fingerprint density at radius 1 is 1.03 bits per heavy atom. The van der Waals surface area contributed by atoms with Gasteiger partial charge in [-0.2, -0.15) is 4.98 Å². The number of piperazine rings is 1. The number of halogens is 1. The van der Waals surface area contributed by atoms with Gasteiger partial charge >= 0.3 is 0 Å². The molecule has 0 spiro atoms. The van der Waals surface area contributed by atoms with Crippen molar-refractivity contribution in [2.45, 2.75) is 44.4 Å². The van der Waals surface area contributed by atoms with Crippen molar-refractivity contribution >= 4 is 22.6 Å². The summed E-state index contributed by atoms with van der Waals surface area (Å²) in [5, 5.41) is 11.2. The van der Waals surface area contributed by atoms with Crippen molar-refractivity contribution in [2.75, 3.05) is 33.2 Å². The maximum absolute atomic E-state index is 9.91. The van der Waals surface area contributed by atoms with Crippen molar-refractivity contribution in [2.24, 2.45) is 0 Å². The second kappa shape index (κ2) is 8.87. The molecule has 5 rings (SSSR count). The zero-order valence-corrected chi connectivity index (χ0v) is 18.8. The summed E-state index contributed by atoms with van der Waals surface area (Å²) >= 11 is 6.15. The molecule has 1 aliphatic carbocycles. The third-order valence-electron chi connectivity index (χ3n) is 6.87. The molecule has 0 amide bonds. The zero-order valence-electron chi connectivity index (χ0n) is 18.0. The van der Waals surface area contributed by atoms with Gasteiger partial charge in [-0.3, -0.25) is 4.90 Å². The number of fused-ring (bicyclic) bond motifs is 1. The molecule has 3 aromatic rings. The third-order valence-corrected chi connectivity index (χ3v) is 7.05. The molecule has 1 aromatic carbocycles.